The van der Waals surface area contributed by atoms with Gasteiger partial charge in [-0.3, -0.25) is 9.59 Å². The lowest BCUT2D eigenvalue weighted by Crippen LogP contribution is -2.44. The molecule has 1 fully saturated rings. The smallest absolute Gasteiger partial charge is 0.254 e. The normalized spacial score (nSPS) is 15.4. The van der Waals surface area contributed by atoms with Crippen LogP contribution in [-0.2, 0) is 4.79 Å². The van der Waals surface area contributed by atoms with E-state index < -0.39 is 0 Å². The van der Waals surface area contributed by atoms with Crippen molar-refractivity contribution in [1.82, 2.24) is 9.80 Å². The van der Waals surface area contributed by atoms with Gasteiger partial charge in [0.2, 0.25) is 5.91 Å². The third-order valence-electron chi connectivity index (χ3n) is 4.53. The van der Waals surface area contributed by atoms with E-state index in [0.717, 1.165) is 43.2 Å². The number of amides is 2. The first-order chi connectivity index (χ1) is 11.6. The lowest BCUT2D eigenvalue weighted by atomic mass is 9.94. The molecule has 0 atom stereocenters. The molecule has 132 valence electrons. The molecule has 1 heterocycles. The van der Waals surface area contributed by atoms with Crippen molar-refractivity contribution in [2.24, 2.45) is 5.92 Å². The summed E-state index contributed by atoms with van der Waals surface area (Å²) in [6.07, 6.45) is 3.51. The van der Waals surface area contributed by atoms with Gasteiger partial charge in [0.1, 0.15) is 0 Å². The molecule has 5 heteroatoms. The summed E-state index contributed by atoms with van der Waals surface area (Å²) in [5, 5.41) is 0. The number of halogens is 1. The van der Waals surface area contributed by atoms with Crippen LogP contribution in [0.2, 0.25) is 0 Å². The number of carbonyl (C=O) groups is 2. The zero-order valence-electron chi connectivity index (χ0n) is 14.6. The quantitative estimate of drug-likeness (QED) is 0.732. The molecule has 1 aliphatic rings. The Morgan fingerprint density at radius 1 is 1.12 bits per heavy atom. The molecule has 1 aromatic rings. The maximum atomic E-state index is 12.7. The van der Waals surface area contributed by atoms with Crippen molar-refractivity contribution in [3.05, 3.63) is 34.3 Å². The largest absolute Gasteiger partial charge is 0.342 e. The maximum Gasteiger partial charge on any atom is 0.254 e. The van der Waals surface area contributed by atoms with Crippen LogP contribution >= 0.6 is 15.9 Å². The maximum absolute atomic E-state index is 12.7. The molecular weight excluding hydrogens is 368 g/mol. The predicted octanol–water partition coefficient (Wildman–Crippen LogP) is 3.95. The van der Waals surface area contributed by atoms with Crippen LogP contribution in [0.25, 0.3) is 0 Å². The van der Waals surface area contributed by atoms with Crippen molar-refractivity contribution in [3.63, 3.8) is 0 Å². The molecule has 0 radical (unpaired) electrons. The molecule has 2 amide bonds. The molecule has 0 unspecified atom stereocenters. The SMILES string of the molecule is CCCN(CCC)C(=O)C1CCN(C(=O)c2ccccc2Br)CC1. The summed E-state index contributed by atoms with van der Waals surface area (Å²) in [6.45, 7) is 7.20. The summed E-state index contributed by atoms with van der Waals surface area (Å²) in [4.78, 5) is 29.2. The Bertz CT molecular complexity index is 562. The fourth-order valence-electron chi connectivity index (χ4n) is 3.26. The van der Waals surface area contributed by atoms with Gasteiger partial charge in [-0.1, -0.05) is 26.0 Å². The Hall–Kier alpha value is -1.36. The second-order valence-corrected chi connectivity index (χ2v) is 7.23. The van der Waals surface area contributed by atoms with E-state index in [4.69, 9.17) is 0 Å². The van der Waals surface area contributed by atoms with Crippen molar-refractivity contribution in [3.8, 4) is 0 Å². The summed E-state index contributed by atoms with van der Waals surface area (Å²) in [7, 11) is 0. The van der Waals surface area contributed by atoms with Gasteiger partial charge in [0.15, 0.2) is 0 Å². The second-order valence-electron chi connectivity index (χ2n) is 6.37. The highest BCUT2D eigenvalue weighted by Crippen LogP contribution is 2.24. The Morgan fingerprint density at radius 3 is 2.25 bits per heavy atom. The van der Waals surface area contributed by atoms with Crippen LogP contribution in [0.15, 0.2) is 28.7 Å². The summed E-state index contributed by atoms with van der Waals surface area (Å²) < 4.78 is 0.824. The van der Waals surface area contributed by atoms with Crippen molar-refractivity contribution < 1.29 is 9.59 Å². The minimum absolute atomic E-state index is 0.0485. The average Bonchev–Trinajstić information content (AvgIpc) is 2.61. The van der Waals surface area contributed by atoms with Crippen LogP contribution in [-0.4, -0.2) is 47.8 Å². The number of piperidine rings is 1. The van der Waals surface area contributed by atoms with Gasteiger partial charge in [-0.05, 0) is 53.7 Å². The fourth-order valence-corrected chi connectivity index (χ4v) is 3.72. The summed E-state index contributed by atoms with van der Waals surface area (Å²) >= 11 is 3.44. The number of benzene rings is 1. The average molecular weight is 395 g/mol. The molecular formula is C19H27BrN2O2. The highest BCUT2D eigenvalue weighted by molar-refractivity contribution is 9.10. The number of nitrogens with zero attached hydrogens (tertiary/aromatic N) is 2. The van der Waals surface area contributed by atoms with Crippen LogP contribution in [0.5, 0.6) is 0 Å². The molecule has 0 N–H and O–H groups in total. The highest BCUT2D eigenvalue weighted by Gasteiger charge is 2.30. The first kappa shape index (κ1) is 19.0. The Kier molecular flexibility index (Phi) is 7.28. The second kappa shape index (κ2) is 9.21. The lowest BCUT2D eigenvalue weighted by Gasteiger charge is -2.34. The van der Waals surface area contributed by atoms with Gasteiger partial charge in [0, 0.05) is 36.6 Å². The molecule has 4 nitrogen and oxygen atoms in total. The zero-order chi connectivity index (χ0) is 17.5. The van der Waals surface area contributed by atoms with E-state index in [1.54, 1.807) is 0 Å². The fraction of sp³-hybridized carbons (Fsp3) is 0.579. The summed E-state index contributed by atoms with van der Waals surface area (Å²) in [6, 6.07) is 7.51. The van der Waals surface area contributed by atoms with E-state index in [9.17, 15) is 9.59 Å². The molecule has 24 heavy (non-hydrogen) atoms. The van der Waals surface area contributed by atoms with E-state index in [1.165, 1.54) is 0 Å². The van der Waals surface area contributed by atoms with Crippen LogP contribution in [0.4, 0.5) is 0 Å². The number of hydrogen-bond acceptors (Lipinski definition) is 2. The Balaban J connectivity index is 1.94. The molecule has 0 bridgehead atoms. The van der Waals surface area contributed by atoms with Crippen molar-refractivity contribution >= 4 is 27.7 Å². The van der Waals surface area contributed by atoms with E-state index in [1.807, 2.05) is 34.1 Å². The molecule has 1 aliphatic heterocycles. The van der Waals surface area contributed by atoms with Gasteiger partial charge in [-0.25, -0.2) is 0 Å². The van der Waals surface area contributed by atoms with E-state index >= 15 is 0 Å². The molecule has 2 rings (SSSR count). The van der Waals surface area contributed by atoms with Crippen molar-refractivity contribution in [1.29, 1.82) is 0 Å². The Labute approximate surface area is 153 Å². The van der Waals surface area contributed by atoms with Crippen LogP contribution in [0.1, 0.15) is 49.9 Å². The number of rotatable bonds is 6. The number of carbonyl (C=O) groups excluding carboxylic acids is 2. The monoisotopic (exact) mass is 394 g/mol. The van der Waals surface area contributed by atoms with Crippen molar-refractivity contribution in [2.45, 2.75) is 39.5 Å². The minimum Gasteiger partial charge on any atom is -0.342 e. The molecule has 1 aromatic carbocycles. The highest BCUT2D eigenvalue weighted by atomic mass is 79.9. The molecule has 0 aromatic heterocycles. The standard InChI is InChI=1S/C19H27BrN2O2/c1-3-11-21(12-4-2)18(23)15-9-13-22(14-10-15)19(24)16-7-5-6-8-17(16)20/h5-8,15H,3-4,9-14H2,1-2H3. The molecule has 0 saturated carbocycles. The van der Waals surface area contributed by atoms with Gasteiger partial charge in [-0.2, -0.15) is 0 Å². The van der Waals surface area contributed by atoms with Crippen LogP contribution in [0, 0.1) is 5.92 Å². The van der Waals surface area contributed by atoms with Gasteiger partial charge >= 0.3 is 0 Å². The first-order valence-corrected chi connectivity index (χ1v) is 9.70. The van der Waals surface area contributed by atoms with Crippen LogP contribution < -0.4 is 0 Å². The minimum atomic E-state index is 0.0485. The third kappa shape index (κ3) is 4.59. The molecule has 1 saturated heterocycles. The van der Waals surface area contributed by atoms with Gasteiger partial charge in [-0.15, -0.1) is 0 Å². The van der Waals surface area contributed by atoms with Crippen LogP contribution in [0.3, 0.4) is 0 Å². The van der Waals surface area contributed by atoms with Crippen molar-refractivity contribution in [2.75, 3.05) is 26.2 Å². The van der Waals surface area contributed by atoms with Gasteiger partial charge in [0.25, 0.3) is 5.91 Å². The van der Waals surface area contributed by atoms with E-state index in [0.29, 0.717) is 18.7 Å². The van der Waals surface area contributed by atoms with Gasteiger partial charge < -0.3 is 9.80 Å². The van der Waals surface area contributed by atoms with E-state index in [-0.39, 0.29) is 17.7 Å². The summed E-state index contributed by atoms with van der Waals surface area (Å²) in [5.41, 5.74) is 0.695. The van der Waals surface area contributed by atoms with Gasteiger partial charge in [0.05, 0.1) is 5.56 Å². The summed E-state index contributed by atoms with van der Waals surface area (Å²) in [5.74, 6) is 0.380. The molecule has 0 spiro atoms. The third-order valence-corrected chi connectivity index (χ3v) is 5.23. The predicted molar refractivity (Wildman–Crippen MR) is 99.9 cm³/mol. The lowest BCUT2D eigenvalue weighted by molar-refractivity contribution is -0.137. The molecule has 0 aliphatic carbocycles. The van der Waals surface area contributed by atoms with E-state index in [2.05, 4.69) is 29.8 Å². The topological polar surface area (TPSA) is 40.6 Å². The zero-order valence-corrected chi connectivity index (χ0v) is 16.2. The Morgan fingerprint density at radius 2 is 1.71 bits per heavy atom. The number of likely N-dealkylation sites (tertiary alicyclic amines) is 1. The number of hydrogen-bond donors (Lipinski definition) is 0. The first-order valence-electron chi connectivity index (χ1n) is 8.91.